The number of carbonyl (C=O) groups is 1. The van der Waals surface area contributed by atoms with Gasteiger partial charge in [-0.3, -0.25) is 22.3 Å². The molecule has 5 heteroatoms. The summed E-state index contributed by atoms with van der Waals surface area (Å²) >= 11 is 0. The molecule has 0 bridgehead atoms. The molecular formula is C19H15FeNO3. The first-order valence-electron chi connectivity index (χ1n) is 7.12. The van der Waals surface area contributed by atoms with Crippen LogP contribution >= 0.6 is 0 Å². The summed E-state index contributed by atoms with van der Waals surface area (Å²) in [6.45, 7) is 0. The Kier molecular flexibility index (Phi) is 8.41. The molecular weight excluding hydrogens is 346 g/mol. The maximum Gasteiger partial charge on any atom is 2.00 e. The molecule has 1 aromatic rings. The van der Waals surface area contributed by atoms with E-state index in [1.807, 2.05) is 12.2 Å². The molecule has 0 aliphatic heterocycles. The maximum absolute atomic E-state index is 11.7. The van der Waals surface area contributed by atoms with Crippen molar-refractivity contribution in [1.82, 2.24) is 0 Å². The Labute approximate surface area is 151 Å². The van der Waals surface area contributed by atoms with E-state index in [4.69, 9.17) is 0 Å². The van der Waals surface area contributed by atoms with Gasteiger partial charge in [0.05, 0.1) is 4.92 Å². The molecule has 0 heterocycles. The van der Waals surface area contributed by atoms with E-state index in [-0.39, 0.29) is 28.5 Å². The van der Waals surface area contributed by atoms with Gasteiger partial charge in [-0.25, -0.2) is 18.2 Å². The van der Waals surface area contributed by atoms with Gasteiger partial charge in [-0.05, 0) is 11.6 Å². The zero-order valence-electron chi connectivity index (χ0n) is 12.8. The van der Waals surface area contributed by atoms with E-state index >= 15 is 0 Å². The van der Waals surface area contributed by atoms with Crippen molar-refractivity contribution in [2.45, 2.75) is 12.8 Å². The number of ketones is 1. The predicted molar refractivity (Wildman–Crippen MR) is 89.2 cm³/mol. The standard InChI is InChI=1S/C14H10NO3.C5H5.Fe/c16-14(12-5-1-2-6-12)9-8-11-4-3-7-13(10-11)15(17)18;1-2-4-5-3-1;/h3-10H,1H2;1-3H,4H2;/q2*-1;+2/b9-8+;;. The summed E-state index contributed by atoms with van der Waals surface area (Å²) in [4.78, 5) is 21.8. The van der Waals surface area contributed by atoms with Gasteiger partial charge in [-0.1, -0.05) is 18.2 Å². The van der Waals surface area contributed by atoms with E-state index in [0.717, 1.165) is 6.42 Å². The van der Waals surface area contributed by atoms with Crippen molar-refractivity contribution >= 4 is 17.5 Å². The Bertz CT molecular complexity index is 733. The Morgan fingerprint density at radius 3 is 2.62 bits per heavy atom. The third-order valence-electron chi connectivity index (χ3n) is 3.08. The van der Waals surface area contributed by atoms with E-state index < -0.39 is 4.92 Å². The average molecular weight is 361 g/mol. The first kappa shape index (κ1) is 19.6. The zero-order chi connectivity index (χ0) is 16.5. The van der Waals surface area contributed by atoms with Crippen LogP contribution in [0.25, 0.3) is 6.08 Å². The minimum atomic E-state index is -0.462. The van der Waals surface area contributed by atoms with Gasteiger partial charge in [0.1, 0.15) is 5.78 Å². The quantitative estimate of drug-likeness (QED) is 0.266. The van der Waals surface area contributed by atoms with Crippen molar-refractivity contribution in [2.75, 3.05) is 0 Å². The minimum Gasteiger partial charge on any atom is -0.311 e. The number of rotatable bonds is 4. The molecule has 0 saturated heterocycles. The van der Waals surface area contributed by atoms with Crippen LogP contribution < -0.4 is 0 Å². The number of nitro groups is 1. The molecule has 0 spiro atoms. The van der Waals surface area contributed by atoms with E-state index in [0.29, 0.717) is 17.6 Å². The van der Waals surface area contributed by atoms with Crippen molar-refractivity contribution < 1.29 is 26.8 Å². The molecule has 0 atom stereocenters. The van der Waals surface area contributed by atoms with Crippen molar-refractivity contribution in [2.24, 2.45) is 0 Å². The Morgan fingerprint density at radius 2 is 2.08 bits per heavy atom. The molecule has 0 aromatic heterocycles. The van der Waals surface area contributed by atoms with Gasteiger partial charge >= 0.3 is 17.1 Å². The number of nitro benzene ring substituents is 1. The fraction of sp³-hybridized carbons (Fsp3) is 0.105. The molecule has 0 radical (unpaired) electrons. The third-order valence-corrected chi connectivity index (χ3v) is 3.08. The van der Waals surface area contributed by atoms with Crippen molar-refractivity contribution in [3.8, 4) is 0 Å². The molecule has 122 valence electrons. The summed E-state index contributed by atoms with van der Waals surface area (Å²) < 4.78 is 0. The van der Waals surface area contributed by atoms with Crippen LogP contribution in [0.2, 0.25) is 0 Å². The fourth-order valence-electron chi connectivity index (χ4n) is 1.92. The first-order chi connectivity index (χ1) is 11.2. The number of hydrogen-bond acceptors (Lipinski definition) is 3. The number of nitrogens with zero attached hydrogens (tertiary/aromatic N) is 1. The summed E-state index contributed by atoms with van der Waals surface area (Å²) in [6.07, 6.45) is 20.0. The third kappa shape index (κ3) is 6.32. The van der Waals surface area contributed by atoms with Crippen LogP contribution in [0.4, 0.5) is 5.69 Å². The van der Waals surface area contributed by atoms with Gasteiger partial charge in [-0.2, -0.15) is 12.2 Å². The monoisotopic (exact) mass is 361 g/mol. The van der Waals surface area contributed by atoms with Crippen LogP contribution in [0.15, 0.2) is 66.3 Å². The Balaban J connectivity index is 0.000000412. The molecule has 4 nitrogen and oxygen atoms in total. The van der Waals surface area contributed by atoms with E-state index in [1.165, 1.54) is 18.2 Å². The smallest absolute Gasteiger partial charge is 0.311 e. The summed E-state index contributed by atoms with van der Waals surface area (Å²) in [5, 5.41) is 10.6. The van der Waals surface area contributed by atoms with E-state index in [9.17, 15) is 14.9 Å². The Hall–Kier alpha value is -2.49. The van der Waals surface area contributed by atoms with Gasteiger partial charge in [0.15, 0.2) is 0 Å². The van der Waals surface area contributed by atoms with Crippen molar-refractivity contribution in [3.05, 3.63) is 94.1 Å². The topological polar surface area (TPSA) is 60.2 Å². The molecule has 0 saturated carbocycles. The Morgan fingerprint density at radius 1 is 1.25 bits per heavy atom. The van der Waals surface area contributed by atoms with Gasteiger partial charge in [-0.15, -0.1) is 18.4 Å². The maximum atomic E-state index is 11.7. The fourth-order valence-corrected chi connectivity index (χ4v) is 1.92. The number of non-ortho nitro benzene ring substituents is 1. The summed E-state index contributed by atoms with van der Waals surface area (Å²) in [5.41, 5.74) is 1.25. The first-order valence-corrected chi connectivity index (χ1v) is 7.12. The summed E-state index contributed by atoms with van der Waals surface area (Å²) in [7, 11) is 0. The normalized spacial score (nSPS) is 14.1. The van der Waals surface area contributed by atoms with Crippen LogP contribution in [0.3, 0.4) is 0 Å². The molecule has 2 aliphatic rings. The van der Waals surface area contributed by atoms with Gasteiger partial charge in [0.25, 0.3) is 5.69 Å². The molecule has 24 heavy (non-hydrogen) atoms. The predicted octanol–water partition coefficient (Wildman–Crippen LogP) is 4.17. The van der Waals surface area contributed by atoms with Crippen molar-refractivity contribution in [1.29, 1.82) is 0 Å². The summed E-state index contributed by atoms with van der Waals surface area (Å²) in [5.74, 6) is -0.119. The molecule has 0 N–H and O–H groups in total. The van der Waals surface area contributed by atoms with Gasteiger partial charge in [0.2, 0.25) is 0 Å². The summed E-state index contributed by atoms with van der Waals surface area (Å²) in [6, 6.07) is 6.14. The molecule has 2 aliphatic carbocycles. The SMILES string of the molecule is O=C(/C=C/c1cccc([N+](=O)[O-])c1)C1=CC[C-]=C1.[C-]1=CC=CC1.[Fe+2]. The van der Waals surface area contributed by atoms with E-state index in [1.54, 1.807) is 30.4 Å². The average Bonchev–Trinajstić information content (AvgIpc) is 3.28. The number of hydrogen-bond donors (Lipinski definition) is 0. The van der Waals surface area contributed by atoms with Crippen LogP contribution in [0.5, 0.6) is 0 Å². The van der Waals surface area contributed by atoms with Crippen LogP contribution in [0.1, 0.15) is 18.4 Å². The number of benzene rings is 1. The molecule has 1 aromatic carbocycles. The second kappa shape index (κ2) is 10.3. The largest absolute Gasteiger partial charge is 2.00 e. The van der Waals surface area contributed by atoms with Crippen LogP contribution in [-0.2, 0) is 21.9 Å². The molecule has 3 rings (SSSR count). The zero-order valence-corrected chi connectivity index (χ0v) is 13.9. The van der Waals surface area contributed by atoms with Crippen LogP contribution in [-0.4, -0.2) is 10.7 Å². The molecule has 0 fully saturated rings. The van der Waals surface area contributed by atoms with Crippen molar-refractivity contribution in [3.63, 3.8) is 0 Å². The molecule has 0 amide bonds. The number of carbonyl (C=O) groups excluding carboxylic acids is 1. The number of allylic oxidation sites excluding steroid dienone is 9. The molecule has 0 unspecified atom stereocenters. The van der Waals surface area contributed by atoms with E-state index in [2.05, 4.69) is 18.2 Å². The van der Waals surface area contributed by atoms with Gasteiger partial charge < -0.3 is 4.79 Å². The second-order valence-corrected chi connectivity index (χ2v) is 4.76. The second-order valence-electron chi connectivity index (χ2n) is 4.76. The minimum absolute atomic E-state index is 0. The van der Waals surface area contributed by atoms with Gasteiger partial charge in [0, 0.05) is 12.1 Å². The van der Waals surface area contributed by atoms with Crippen LogP contribution in [0, 0.1) is 22.3 Å².